The van der Waals surface area contributed by atoms with Crippen LogP contribution < -0.4 is 4.90 Å². The average Bonchev–Trinajstić information content (AvgIpc) is 2.95. The first-order valence-electron chi connectivity index (χ1n) is 12.9. The van der Waals surface area contributed by atoms with Crippen LogP contribution >= 0.6 is 0 Å². The molecule has 3 heterocycles. The largest absolute Gasteiger partial charge is 0.481 e. The van der Waals surface area contributed by atoms with Crippen molar-refractivity contribution in [3.63, 3.8) is 0 Å². The number of ether oxygens (including phenoxy) is 4. The molecule has 7 N–H and O–H groups in total. The molecule has 0 spiro atoms. The van der Waals surface area contributed by atoms with Crippen molar-refractivity contribution in [2.45, 2.75) is 49.8 Å². The number of allylic oxidation sites excluding steroid dienone is 4. The van der Waals surface area contributed by atoms with Crippen LogP contribution in [0.5, 0.6) is 0 Å². The quantitative estimate of drug-likeness (QED) is 0.0967. The van der Waals surface area contributed by atoms with Crippen molar-refractivity contribution in [2.24, 2.45) is 11.8 Å². The van der Waals surface area contributed by atoms with Gasteiger partial charge < -0.3 is 54.5 Å². The van der Waals surface area contributed by atoms with E-state index in [-0.39, 0.29) is 24.1 Å². The summed E-state index contributed by atoms with van der Waals surface area (Å²) in [4.78, 5) is 35.9. The molecule has 0 aromatic rings. The Morgan fingerprint density at radius 3 is 2.49 bits per heavy atom. The van der Waals surface area contributed by atoms with E-state index in [4.69, 9.17) is 24.1 Å². The van der Waals surface area contributed by atoms with Crippen LogP contribution in [-0.4, -0.2) is 112 Å². The second kappa shape index (κ2) is 14.5. The highest BCUT2D eigenvalue weighted by Gasteiger charge is 2.47. The molecule has 14 heteroatoms. The lowest BCUT2D eigenvalue weighted by Crippen LogP contribution is -3.08. The number of esters is 1. The molecule has 0 aliphatic carbocycles. The number of carboxylic acids is 2. The van der Waals surface area contributed by atoms with Crippen LogP contribution in [0.15, 0.2) is 60.1 Å². The predicted molar refractivity (Wildman–Crippen MR) is 138 cm³/mol. The SMILES string of the molecule is C=CC1C(OC2OC(CO)C(O)C(O)C2O)OC=C(C(=O)OC)C1C=CC1=C[NH+](CCCC(=O)O)CC(C(=O)O)=C1. The minimum Gasteiger partial charge on any atom is -0.481 e. The van der Waals surface area contributed by atoms with Gasteiger partial charge in [-0.05, 0) is 6.08 Å². The monoisotopic (exact) mass is 582 g/mol. The van der Waals surface area contributed by atoms with E-state index in [0.29, 0.717) is 18.5 Å². The number of quaternary nitrogens is 1. The van der Waals surface area contributed by atoms with Gasteiger partial charge in [0, 0.05) is 17.9 Å². The van der Waals surface area contributed by atoms with Crippen LogP contribution in [0.3, 0.4) is 0 Å². The molecule has 0 saturated carbocycles. The second-order valence-electron chi connectivity index (χ2n) is 9.80. The first-order chi connectivity index (χ1) is 19.5. The molecule has 3 rings (SSSR count). The maximum absolute atomic E-state index is 12.6. The number of hydrogen-bond acceptors (Lipinski definition) is 11. The molecule has 9 unspecified atom stereocenters. The molecule has 0 aromatic heterocycles. The summed E-state index contributed by atoms with van der Waals surface area (Å²) in [5, 5.41) is 58.5. The Morgan fingerprint density at radius 2 is 1.88 bits per heavy atom. The number of aliphatic hydroxyl groups is 4. The Balaban J connectivity index is 1.88. The molecule has 3 aliphatic rings. The highest BCUT2D eigenvalue weighted by Crippen LogP contribution is 2.36. The van der Waals surface area contributed by atoms with Crippen LogP contribution in [0.2, 0.25) is 0 Å². The lowest BCUT2D eigenvalue weighted by atomic mass is 9.83. The summed E-state index contributed by atoms with van der Waals surface area (Å²) in [5.74, 6) is -4.33. The lowest BCUT2D eigenvalue weighted by Gasteiger charge is -2.42. The third-order valence-corrected chi connectivity index (χ3v) is 7.02. The Hall–Kier alpha value is -3.37. The van der Waals surface area contributed by atoms with Crippen molar-refractivity contribution in [1.82, 2.24) is 0 Å². The molecule has 3 aliphatic heterocycles. The summed E-state index contributed by atoms with van der Waals surface area (Å²) in [6.07, 6.45) is 0.416. The highest BCUT2D eigenvalue weighted by molar-refractivity contribution is 5.89. The van der Waals surface area contributed by atoms with Crippen molar-refractivity contribution in [2.75, 3.05) is 26.8 Å². The van der Waals surface area contributed by atoms with E-state index in [2.05, 4.69) is 6.58 Å². The van der Waals surface area contributed by atoms with E-state index in [9.17, 15) is 39.9 Å². The normalized spacial score (nSPS) is 33.7. The molecule has 0 amide bonds. The average molecular weight is 583 g/mol. The zero-order chi connectivity index (χ0) is 30.3. The van der Waals surface area contributed by atoms with Gasteiger partial charge in [-0.2, -0.15) is 0 Å². The standard InChI is InChI=1S/C27H35NO13/c1-3-16-17(7-6-14-9-15(24(35)36)11-28(10-14)8-4-5-20(30)31)18(25(37)38-2)13-39-26(16)41-27-23(34)22(33)21(32)19(12-29)40-27/h3,6-7,9-10,13,16-17,19,21-23,26-27,29,32-34H,1,4-5,8,11-12H2,2H3,(H,30,31)(H,35,36)/p+1. The molecule has 0 aromatic carbocycles. The molecule has 1 fully saturated rings. The Kier molecular flexibility index (Phi) is 11.4. The molecule has 14 nitrogen and oxygen atoms in total. The third kappa shape index (κ3) is 7.89. The summed E-state index contributed by atoms with van der Waals surface area (Å²) in [6.45, 7) is 3.70. The van der Waals surface area contributed by atoms with Crippen LogP contribution in [0.25, 0.3) is 0 Å². The fourth-order valence-electron chi connectivity index (χ4n) is 4.81. The fraction of sp³-hybridized carbons (Fsp3) is 0.519. The van der Waals surface area contributed by atoms with Gasteiger partial charge in [0.25, 0.3) is 0 Å². The van der Waals surface area contributed by atoms with Crippen LogP contribution in [0.1, 0.15) is 12.8 Å². The Labute approximate surface area is 235 Å². The Morgan fingerprint density at radius 1 is 1.15 bits per heavy atom. The molecule has 9 atom stereocenters. The lowest BCUT2D eigenvalue weighted by molar-refractivity contribution is -0.842. The summed E-state index contributed by atoms with van der Waals surface area (Å²) in [7, 11) is 1.19. The highest BCUT2D eigenvalue weighted by atomic mass is 16.8. The molecular weight excluding hydrogens is 546 g/mol. The van der Waals surface area contributed by atoms with E-state index in [0.717, 1.165) is 11.2 Å². The van der Waals surface area contributed by atoms with Gasteiger partial charge in [-0.25, -0.2) is 9.59 Å². The van der Waals surface area contributed by atoms with Crippen molar-refractivity contribution in [3.8, 4) is 0 Å². The van der Waals surface area contributed by atoms with Gasteiger partial charge >= 0.3 is 17.9 Å². The van der Waals surface area contributed by atoms with Gasteiger partial charge in [-0.1, -0.05) is 18.2 Å². The molecule has 226 valence electrons. The van der Waals surface area contributed by atoms with Gasteiger partial charge in [0.05, 0.1) is 50.0 Å². The maximum Gasteiger partial charge on any atom is 0.337 e. The zero-order valence-corrected chi connectivity index (χ0v) is 22.4. The number of carbonyl (C=O) groups is 3. The zero-order valence-electron chi connectivity index (χ0n) is 22.4. The van der Waals surface area contributed by atoms with E-state index >= 15 is 0 Å². The molecule has 1 saturated heterocycles. The van der Waals surface area contributed by atoms with E-state index in [1.165, 1.54) is 19.3 Å². The van der Waals surface area contributed by atoms with Gasteiger partial charge in [0.2, 0.25) is 6.29 Å². The number of hydrogen-bond donors (Lipinski definition) is 7. The van der Waals surface area contributed by atoms with Crippen LogP contribution in [0, 0.1) is 11.8 Å². The first-order valence-corrected chi connectivity index (χ1v) is 12.9. The third-order valence-electron chi connectivity index (χ3n) is 7.02. The Bertz CT molecular complexity index is 1110. The van der Waals surface area contributed by atoms with Crippen molar-refractivity contribution >= 4 is 17.9 Å². The number of rotatable bonds is 12. The molecule has 41 heavy (non-hydrogen) atoms. The molecule has 0 bridgehead atoms. The molecular formula is C27H36NO13+. The van der Waals surface area contributed by atoms with Crippen molar-refractivity contribution in [3.05, 3.63) is 60.1 Å². The van der Waals surface area contributed by atoms with Crippen molar-refractivity contribution < 1.29 is 68.9 Å². The number of nitrogens with one attached hydrogen (secondary N) is 1. The van der Waals surface area contributed by atoms with Gasteiger partial charge in [-0.15, -0.1) is 6.58 Å². The maximum atomic E-state index is 12.6. The fourth-order valence-corrected chi connectivity index (χ4v) is 4.81. The summed E-state index contributed by atoms with van der Waals surface area (Å²) < 4.78 is 21.7. The predicted octanol–water partition coefficient (Wildman–Crippen LogP) is -2.15. The summed E-state index contributed by atoms with van der Waals surface area (Å²) in [5.41, 5.74) is 0.716. The topological polar surface area (TPSA) is 214 Å². The van der Waals surface area contributed by atoms with Crippen molar-refractivity contribution in [1.29, 1.82) is 0 Å². The smallest absolute Gasteiger partial charge is 0.337 e. The number of methoxy groups -OCH3 is 1. The number of aliphatic carboxylic acids is 2. The first kappa shape index (κ1) is 32.1. The number of carboxylic acid groups (broad SMARTS) is 2. The summed E-state index contributed by atoms with van der Waals surface area (Å²) >= 11 is 0. The van der Waals surface area contributed by atoms with E-state index < -0.39 is 73.3 Å². The van der Waals surface area contributed by atoms with Gasteiger partial charge in [0.1, 0.15) is 37.2 Å². The minimum atomic E-state index is -1.69. The van der Waals surface area contributed by atoms with E-state index in [1.54, 1.807) is 18.4 Å². The number of aliphatic hydroxyl groups excluding tert-OH is 4. The number of carbonyl (C=O) groups excluding carboxylic acids is 1. The van der Waals surface area contributed by atoms with Gasteiger partial charge in [-0.3, -0.25) is 4.79 Å². The van der Waals surface area contributed by atoms with Crippen LogP contribution in [0.4, 0.5) is 0 Å². The van der Waals surface area contributed by atoms with E-state index in [1.807, 2.05) is 0 Å². The van der Waals surface area contributed by atoms with Crippen LogP contribution in [-0.2, 0) is 33.3 Å². The second-order valence-corrected chi connectivity index (χ2v) is 9.80. The van der Waals surface area contributed by atoms with Gasteiger partial charge in [0.15, 0.2) is 6.29 Å². The molecule has 0 radical (unpaired) electrons. The minimum absolute atomic E-state index is 0.0547. The summed E-state index contributed by atoms with van der Waals surface area (Å²) in [6, 6.07) is 0.